The van der Waals surface area contributed by atoms with Crippen molar-refractivity contribution in [2.24, 2.45) is 0 Å². The lowest BCUT2D eigenvalue weighted by atomic mass is 9.92. The highest BCUT2D eigenvalue weighted by Gasteiger charge is 2.14. The monoisotopic (exact) mass is 327 g/mol. The number of nitrogen functional groups attached to an aromatic ring is 1. The molecule has 0 amide bonds. The molecule has 5 heteroatoms. The Hall–Kier alpha value is -2.95. The number of aliphatic hydroxyl groups is 1. The van der Waals surface area contributed by atoms with Gasteiger partial charge in [0.2, 0.25) is 0 Å². The quantitative estimate of drug-likeness (QED) is 0.505. The lowest BCUT2D eigenvalue weighted by Gasteiger charge is -2.14. The lowest BCUT2D eigenvalue weighted by Crippen LogP contribution is -2.06. The van der Waals surface area contributed by atoms with E-state index in [2.05, 4.69) is 0 Å². The number of hydrogen-bond acceptors (Lipinski definition) is 4. The minimum absolute atomic E-state index is 0.00777. The van der Waals surface area contributed by atoms with E-state index in [4.69, 9.17) is 20.7 Å². The third-order valence-corrected chi connectivity index (χ3v) is 3.66. The van der Waals surface area contributed by atoms with Gasteiger partial charge < -0.3 is 20.7 Å². The Morgan fingerprint density at radius 2 is 1.96 bits per heavy atom. The minimum Gasteiger partial charge on any atom is -0.516 e. The molecule has 0 aromatic heterocycles. The van der Waals surface area contributed by atoms with Crippen molar-refractivity contribution >= 4 is 11.7 Å². The fourth-order valence-corrected chi connectivity index (χ4v) is 2.46. The standard InChI is InChI=1S/C19H21NO4/c20-17-5-1-3-14(11-17)13-24-18-8-6-15(7-9-18)16(4-2-10-21)12-19(22)23/h1-3,5-11,16,21H,4,12-13,20H2,(H,22,23)/b10-2-. The van der Waals surface area contributed by atoms with Crippen LogP contribution in [0.3, 0.4) is 0 Å². The second-order valence-corrected chi connectivity index (χ2v) is 5.52. The molecule has 0 fully saturated rings. The highest BCUT2D eigenvalue weighted by molar-refractivity contribution is 5.68. The molecule has 0 saturated carbocycles. The second-order valence-electron chi connectivity index (χ2n) is 5.52. The number of anilines is 1. The Morgan fingerprint density at radius 3 is 2.58 bits per heavy atom. The van der Waals surface area contributed by atoms with Gasteiger partial charge in [0.1, 0.15) is 12.4 Å². The van der Waals surface area contributed by atoms with Crippen LogP contribution in [0, 0.1) is 0 Å². The molecule has 0 radical (unpaired) electrons. The van der Waals surface area contributed by atoms with Gasteiger partial charge in [0.15, 0.2) is 0 Å². The number of carbonyl (C=O) groups is 1. The van der Waals surface area contributed by atoms with E-state index >= 15 is 0 Å². The maximum atomic E-state index is 11.0. The zero-order chi connectivity index (χ0) is 17.4. The van der Waals surface area contributed by atoms with Crippen molar-refractivity contribution in [2.45, 2.75) is 25.4 Å². The van der Waals surface area contributed by atoms with Crippen LogP contribution in [0.1, 0.15) is 29.9 Å². The van der Waals surface area contributed by atoms with Crippen molar-refractivity contribution in [1.29, 1.82) is 0 Å². The molecule has 0 bridgehead atoms. The number of allylic oxidation sites excluding steroid dienone is 1. The molecule has 24 heavy (non-hydrogen) atoms. The maximum absolute atomic E-state index is 11.0. The minimum atomic E-state index is -0.867. The maximum Gasteiger partial charge on any atom is 0.303 e. The van der Waals surface area contributed by atoms with Crippen molar-refractivity contribution in [3.05, 3.63) is 72.0 Å². The third-order valence-electron chi connectivity index (χ3n) is 3.66. The van der Waals surface area contributed by atoms with Crippen LogP contribution in [0.5, 0.6) is 5.75 Å². The molecule has 0 aliphatic carbocycles. The summed E-state index contributed by atoms with van der Waals surface area (Å²) in [5.74, 6) is -0.352. The van der Waals surface area contributed by atoms with E-state index < -0.39 is 5.97 Å². The summed E-state index contributed by atoms with van der Waals surface area (Å²) < 4.78 is 5.72. The number of rotatable bonds is 8. The van der Waals surface area contributed by atoms with Crippen molar-refractivity contribution in [1.82, 2.24) is 0 Å². The van der Waals surface area contributed by atoms with Gasteiger partial charge in [-0.15, -0.1) is 0 Å². The first-order chi connectivity index (χ1) is 11.6. The Bertz CT molecular complexity index is 695. The molecule has 0 spiro atoms. The first-order valence-corrected chi connectivity index (χ1v) is 7.66. The van der Waals surface area contributed by atoms with Crippen LogP contribution in [0.25, 0.3) is 0 Å². The van der Waals surface area contributed by atoms with Gasteiger partial charge in [-0.25, -0.2) is 0 Å². The molecule has 0 aliphatic rings. The zero-order valence-corrected chi connectivity index (χ0v) is 13.3. The summed E-state index contributed by atoms with van der Waals surface area (Å²) >= 11 is 0. The lowest BCUT2D eigenvalue weighted by molar-refractivity contribution is -0.137. The molecule has 0 heterocycles. The van der Waals surface area contributed by atoms with E-state index in [1.54, 1.807) is 6.08 Å². The molecule has 0 saturated heterocycles. The Kier molecular flexibility index (Phi) is 6.25. The highest BCUT2D eigenvalue weighted by Crippen LogP contribution is 2.26. The SMILES string of the molecule is Nc1cccc(COc2ccc(C(C/C=C\O)CC(=O)O)cc2)c1. The molecule has 2 aromatic rings. The third kappa shape index (κ3) is 5.35. The number of carboxylic acids is 1. The van der Waals surface area contributed by atoms with Crippen LogP contribution in [0.15, 0.2) is 60.9 Å². The predicted octanol–water partition coefficient (Wildman–Crippen LogP) is 3.87. The van der Waals surface area contributed by atoms with Crippen molar-refractivity contribution < 1.29 is 19.7 Å². The number of hydrogen-bond donors (Lipinski definition) is 3. The van der Waals surface area contributed by atoms with E-state index in [-0.39, 0.29) is 12.3 Å². The fraction of sp³-hybridized carbons (Fsp3) is 0.211. The van der Waals surface area contributed by atoms with E-state index in [9.17, 15) is 4.79 Å². The van der Waals surface area contributed by atoms with Crippen LogP contribution in [-0.4, -0.2) is 16.2 Å². The van der Waals surface area contributed by atoms with Gasteiger partial charge in [0.05, 0.1) is 12.7 Å². The summed E-state index contributed by atoms with van der Waals surface area (Å²) in [6, 6.07) is 14.8. The molecule has 4 N–H and O–H groups in total. The number of carboxylic acid groups (broad SMARTS) is 1. The van der Waals surface area contributed by atoms with E-state index in [1.807, 2.05) is 48.5 Å². The summed E-state index contributed by atoms with van der Waals surface area (Å²) in [5.41, 5.74) is 8.31. The van der Waals surface area contributed by atoms with Gasteiger partial charge in [-0.3, -0.25) is 4.79 Å². The molecule has 2 rings (SSSR count). The van der Waals surface area contributed by atoms with Crippen LogP contribution < -0.4 is 10.5 Å². The first kappa shape index (κ1) is 17.4. The number of nitrogens with two attached hydrogens (primary N) is 1. The molecule has 2 aromatic carbocycles. The van der Waals surface area contributed by atoms with Crippen molar-refractivity contribution in [2.75, 3.05) is 5.73 Å². The molecule has 0 aliphatic heterocycles. The Balaban J connectivity index is 2.01. The molecule has 1 unspecified atom stereocenters. The first-order valence-electron chi connectivity index (χ1n) is 7.66. The predicted molar refractivity (Wildman–Crippen MR) is 93.0 cm³/mol. The Labute approximate surface area is 141 Å². The number of aliphatic carboxylic acids is 1. The zero-order valence-electron chi connectivity index (χ0n) is 13.3. The fourth-order valence-electron chi connectivity index (χ4n) is 2.46. The summed E-state index contributed by atoms with van der Waals surface area (Å²) in [5, 5.41) is 17.8. The van der Waals surface area contributed by atoms with Gasteiger partial charge in [0.25, 0.3) is 0 Å². The number of ether oxygens (including phenoxy) is 1. The van der Waals surface area contributed by atoms with E-state index in [0.717, 1.165) is 17.4 Å². The van der Waals surface area contributed by atoms with Crippen LogP contribution in [0.2, 0.25) is 0 Å². The summed E-state index contributed by atoms with van der Waals surface area (Å²) in [7, 11) is 0. The average molecular weight is 327 g/mol. The van der Waals surface area contributed by atoms with Gasteiger partial charge in [-0.2, -0.15) is 0 Å². The van der Waals surface area contributed by atoms with E-state index in [1.165, 1.54) is 0 Å². The summed E-state index contributed by atoms with van der Waals surface area (Å²) in [4.78, 5) is 11.0. The molecule has 5 nitrogen and oxygen atoms in total. The molecule has 1 atom stereocenters. The smallest absolute Gasteiger partial charge is 0.303 e. The Morgan fingerprint density at radius 1 is 1.21 bits per heavy atom. The van der Waals surface area contributed by atoms with Gasteiger partial charge in [0, 0.05) is 5.69 Å². The topological polar surface area (TPSA) is 92.8 Å². The van der Waals surface area contributed by atoms with Crippen molar-refractivity contribution in [3.63, 3.8) is 0 Å². The van der Waals surface area contributed by atoms with Gasteiger partial charge in [-0.05, 0) is 53.8 Å². The van der Waals surface area contributed by atoms with Gasteiger partial charge >= 0.3 is 5.97 Å². The molecular formula is C19H21NO4. The van der Waals surface area contributed by atoms with Crippen LogP contribution in [-0.2, 0) is 11.4 Å². The largest absolute Gasteiger partial charge is 0.516 e. The highest BCUT2D eigenvalue weighted by atomic mass is 16.5. The number of aliphatic hydroxyl groups excluding tert-OH is 1. The van der Waals surface area contributed by atoms with E-state index in [0.29, 0.717) is 24.5 Å². The van der Waals surface area contributed by atoms with Crippen molar-refractivity contribution in [3.8, 4) is 5.75 Å². The normalized spacial score (nSPS) is 12.2. The molecular weight excluding hydrogens is 306 g/mol. The number of benzene rings is 2. The second kappa shape index (κ2) is 8.62. The average Bonchev–Trinajstić information content (AvgIpc) is 2.57. The molecule has 126 valence electrons. The van der Waals surface area contributed by atoms with Gasteiger partial charge in [-0.1, -0.05) is 24.3 Å². The summed E-state index contributed by atoms with van der Waals surface area (Å²) in [6.07, 6.45) is 2.97. The summed E-state index contributed by atoms with van der Waals surface area (Å²) in [6.45, 7) is 0.413. The van der Waals surface area contributed by atoms with Crippen LogP contribution in [0.4, 0.5) is 5.69 Å². The van der Waals surface area contributed by atoms with Crippen LogP contribution >= 0.6 is 0 Å².